The number of nitrogens with one attached hydrogen (secondary N) is 1. The first-order valence-corrected chi connectivity index (χ1v) is 6.51. The van der Waals surface area contributed by atoms with Crippen LogP contribution in [-0.4, -0.2) is 15.6 Å². The van der Waals surface area contributed by atoms with E-state index < -0.39 is 0 Å². The molecule has 1 aromatic heterocycles. The van der Waals surface area contributed by atoms with Gasteiger partial charge in [-0.1, -0.05) is 13.8 Å². The van der Waals surface area contributed by atoms with Crippen LogP contribution in [0.1, 0.15) is 30.7 Å². The summed E-state index contributed by atoms with van der Waals surface area (Å²) in [5.41, 5.74) is 1.86. The fourth-order valence-corrected chi connectivity index (χ4v) is 1.85. The molecule has 0 atom stereocenters. The van der Waals surface area contributed by atoms with Crippen LogP contribution in [0.4, 0.5) is 4.39 Å². The summed E-state index contributed by atoms with van der Waals surface area (Å²) in [4.78, 5) is 4.27. The van der Waals surface area contributed by atoms with Crippen molar-refractivity contribution in [2.24, 2.45) is 0 Å². The van der Waals surface area contributed by atoms with Gasteiger partial charge in [0, 0.05) is 24.3 Å². The lowest BCUT2D eigenvalue weighted by molar-refractivity contribution is 0.581. The van der Waals surface area contributed by atoms with Gasteiger partial charge in [-0.15, -0.1) is 0 Å². The normalized spacial score (nSPS) is 10.8. The second-order valence-corrected chi connectivity index (χ2v) is 4.99. The minimum atomic E-state index is -0.306. The summed E-state index contributed by atoms with van der Waals surface area (Å²) in [7, 11) is 0. The molecule has 0 aliphatic carbocycles. The Morgan fingerprint density at radius 2 is 2.25 bits per heavy atom. The smallest absolute Gasteiger partial charge is 0.128 e. The fourth-order valence-electron chi connectivity index (χ4n) is 1.85. The van der Waals surface area contributed by atoms with Crippen molar-refractivity contribution < 1.29 is 4.39 Å². The lowest BCUT2D eigenvalue weighted by Gasteiger charge is -2.06. The van der Waals surface area contributed by atoms with Crippen molar-refractivity contribution in [3.63, 3.8) is 0 Å². The zero-order valence-electron chi connectivity index (χ0n) is 11.6. The van der Waals surface area contributed by atoms with Gasteiger partial charge in [0.05, 0.1) is 30.2 Å². The molecule has 0 spiro atoms. The molecule has 5 heteroatoms. The predicted molar refractivity (Wildman–Crippen MR) is 74.4 cm³/mol. The number of halogens is 1. The average molecular weight is 272 g/mol. The van der Waals surface area contributed by atoms with Crippen molar-refractivity contribution in [2.75, 3.05) is 0 Å². The molecular formula is C15H17FN4. The molecule has 1 N–H and O–H groups in total. The first-order chi connectivity index (χ1) is 9.58. The highest BCUT2D eigenvalue weighted by atomic mass is 19.1. The van der Waals surface area contributed by atoms with Crippen LogP contribution in [-0.2, 0) is 13.1 Å². The summed E-state index contributed by atoms with van der Waals surface area (Å²) in [6.07, 6.45) is 3.56. The van der Waals surface area contributed by atoms with Crippen LogP contribution in [0.15, 0.2) is 30.7 Å². The largest absolute Gasteiger partial charge is 0.333 e. The van der Waals surface area contributed by atoms with E-state index in [1.165, 1.54) is 12.1 Å². The Morgan fingerprint density at radius 3 is 2.95 bits per heavy atom. The molecule has 20 heavy (non-hydrogen) atoms. The molecule has 1 heterocycles. The average Bonchev–Trinajstić information content (AvgIpc) is 2.86. The van der Waals surface area contributed by atoms with E-state index in [0.717, 1.165) is 5.69 Å². The maximum Gasteiger partial charge on any atom is 0.128 e. The van der Waals surface area contributed by atoms with Gasteiger partial charge in [-0.25, -0.2) is 9.37 Å². The van der Waals surface area contributed by atoms with E-state index >= 15 is 0 Å². The minimum Gasteiger partial charge on any atom is -0.333 e. The number of benzene rings is 1. The first-order valence-electron chi connectivity index (χ1n) is 6.51. The number of nitrogens with zero attached hydrogens (tertiary/aromatic N) is 3. The molecule has 0 bridgehead atoms. The number of imidazole rings is 1. The van der Waals surface area contributed by atoms with E-state index in [0.29, 0.717) is 30.3 Å². The Kier molecular flexibility index (Phi) is 4.49. The molecule has 2 aromatic rings. The van der Waals surface area contributed by atoms with E-state index in [1.54, 1.807) is 12.4 Å². The Labute approximate surface area is 117 Å². The highest BCUT2D eigenvalue weighted by Gasteiger charge is 2.06. The number of hydrogen-bond acceptors (Lipinski definition) is 3. The van der Waals surface area contributed by atoms with Gasteiger partial charge in [0.1, 0.15) is 5.82 Å². The molecule has 0 aliphatic heterocycles. The van der Waals surface area contributed by atoms with Gasteiger partial charge < -0.3 is 9.88 Å². The van der Waals surface area contributed by atoms with Gasteiger partial charge in [-0.2, -0.15) is 5.26 Å². The quantitative estimate of drug-likeness (QED) is 0.909. The van der Waals surface area contributed by atoms with Gasteiger partial charge in [0.2, 0.25) is 0 Å². The summed E-state index contributed by atoms with van der Waals surface area (Å²) in [5.74, 6) is -0.306. The van der Waals surface area contributed by atoms with E-state index in [2.05, 4.69) is 24.1 Å². The SMILES string of the molecule is CC(C)NCc1cn(Cc2cc(C#N)ccc2F)cn1. The number of hydrogen-bond donors (Lipinski definition) is 1. The molecule has 0 fully saturated rings. The first kappa shape index (κ1) is 14.2. The molecule has 4 nitrogen and oxygen atoms in total. The van der Waals surface area contributed by atoms with E-state index in [9.17, 15) is 4.39 Å². The Balaban J connectivity index is 2.09. The second kappa shape index (κ2) is 6.31. The predicted octanol–water partition coefficient (Wildman–Crippen LogP) is 2.44. The topological polar surface area (TPSA) is 53.6 Å². The van der Waals surface area contributed by atoms with Crippen LogP contribution in [0.3, 0.4) is 0 Å². The van der Waals surface area contributed by atoms with Crippen LogP contribution < -0.4 is 5.32 Å². The fraction of sp³-hybridized carbons (Fsp3) is 0.333. The van der Waals surface area contributed by atoms with Crippen molar-refractivity contribution in [3.05, 3.63) is 53.4 Å². The molecule has 1 aromatic carbocycles. The van der Waals surface area contributed by atoms with Crippen LogP contribution in [0.5, 0.6) is 0 Å². The standard InChI is InChI=1S/C15H17FN4/c1-11(2)18-7-14-9-20(10-19-14)8-13-5-12(6-17)3-4-15(13)16/h3-5,9-11,18H,7-8H2,1-2H3. The van der Waals surface area contributed by atoms with E-state index in [4.69, 9.17) is 5.26 Å². The van der Waals surface area contributed by atoms with Gasteiger partial charge in [-0.05, 0) is 18.2 Å². The Bertz CT molecular complexity index is 625. The third-order valence-corrected chi connectivity index (χ3v) is 2.91. The number of nitriles is 1. The van der Waals surface area contributed by atoms with Crippen LogP contribution in [0.25, 0.3) is 0 Å². The van der Waals surface area contributed by atoms with Crippen LogP contribution >= 0.6 is 0 Å². The van der Waals surface area contributed by atoms with Gasteiger partial charge in [0.15, 0.2) is 0 Å². The summed E-state index contributed by atoms with van der Waals surface area (Å²) < 4.78 is 15.5. The molecule has 0 amide bonds. The lowest BCUT2D eigenvalue weighted by atomic mass is 10.1. The molecule has 0 unspecified atom stereocenters. The summed E-state index contributed by atoms with van der Waals surface area (Å²) in [6.45, 7) is 5.20. The van der Waals surface area contributed by atoms with Crippen LogP contribution in [0.2, 0.25) is 0 Å². The molecule has 0 saturated heterocycles. The second-order valence-electron chi connectivity index (χ2n) is 4.99. The number of aromatic nitrogens is 2. The molecule has 104 valence electrons. The molecule has 0 aliphatic rings. The van der Waals surface area contributed by atoms with Crippen molar-refractivity contribution in [2.45, 2.75) is 33.0 Å². The Morgan fingerprint density at radius 1 is 1.45 bits per heavy atom. The molecule has 2 rings (SSSR count). The summed E-state index contributed by atoms with van der Waals surface area (Å²) in [6, 6.07) is 6.78. The minimum absolute atomic E-state index is 0.306. The molecular weight excluding hydrogens is 255 g/mol. The van der Waals surface area contributed by atoms with Gasteiger partial charge >= 0.3 is 0 Å². The van der Waals surface area contributed by atoms with E-state index in [1.807, 2.05) is 16.8 Å². The summed E-state index contributed by atoms with van der Waals surface area (Å²) in [5, 5.41) is 12.1. The van der Waals surface area contributed by atoms with Gasteiger partial charge in [-0.3, -0.25) is 0 Å². The Hall–Kier alpha value is -2.19. The monoisotopic (exact) mass is 272 g/mol. The highest BCUT2D eigenvalue weighted by Crippen LogP contribution is 2.12. The summed E-state index contributed by atoms with van der Waals surface area (Å²) >= 11 is 0. The van der Waals surface area contributed by atoms with Crippen molar-refractivity contribution in [1.29, 1.82) is 5.26 Å². The third kappa shape index (κ3) is 3.65. The molecule has 0 radical (unpaired) electrons. The van der Waals surface area contributed by atoms with Crippen molar-refractivity contribution in [3.8, 4) is 6.07 Å². The molecule has 0 saturated carbocycles. The lowest BCUT2D eigenvalue weighted by Crippen LogP contribution is -2.21. The number of rotatable bonds is 5. The zero-order chi connectivity index (χ0) is 14.5. The maximum atomic E-state index is 13.7. The zero-order valence-corrected chi connectivity index (χ0v) is 11.6. The van der Waals surface area contributed by atoms with Crippen molar-refractivity contribution >= 4 is 0 Å². The van der Waals surface area contributed by atoms with Gasteiger partial charge in [0.25, 0.3) is 0 Å². The van der Waals surface area contributed by atoms with E-state index in [-0.39, 0.29) is 5.82 Å². The van der Waals surface area contributed by atoms with Crippen LogP contribution in [0, 0.1) is 17.1 Å². The third-order valence-electron chi connectivity index (χ3n) is 2.91. The maximum absolute atomic E-state index is 13.7. The van der Waals surface area contributed by atoms with Crippen molar-refractivity contribution in [1.82, 2.24) is 14.9 Å². The highest BCUT2D eigenvalue weighted by molar-refractivity contribution is 5.33.